The first kappa shape index (κ1) is 24.4. The maximum absolute atomic E-state index is 13.7. The number of carbonyl (C=O) groups excluding carboxylic acids is 1. The van der Waals surface area contributed by atoms with Crippen LogP contribution in [0.1, 0.15) is 18.2 Å². The third-order valence-corrected chi connectivity index (χ3v) is 6.97. The number of hydrogen-bond donors (Lipinski definition) is 0. The molecule has 0 saturated carbocycles. The molecule has 186 valence electrons. The maximum Gasteiger partial charge on any atom is 0.318 e. The summed E-state index contributed by atoms with van der Waals surface area (Å²) in [5.41, 5.74) is 3.30. The van der Waals surface area contributed by atoms with Crippen molar-refractivity contribution in [3.8, 4) is 11.1 Å². The number of benzene rings is 2. The molecule has 0 amide bonds. The summed E-state index contributed by atoms with van der Waals surface area (Å²) in [6.45, 7) is 6.07. The molecule has 0 spiro atoms. The normalized spacial score (nSPS) is 16.1. The Balaban J connectivity index is 1.48. The number of morpholine rings is 1. The largest absolute Gasteiger partial charge is 0.464 e. The first-order valence-corrected chi connectivity index (χ1v) is 12.5. The van der Waals surface area contributed by atoms with Gasteiger partial charge in [0.2, 0.25) is 0 Å². The summed E-state index contributed by atoms with van der Waals surface area (Å²) in [6.07, 6.45) is 3.98. The van der Waals surface area contributed by atoms with Crippen LogP contribution in [0.3, 0.4) is 0 Å². The van der Waals surface area contributed by atoms with Crippen molar-refractivity contribution in [3.63, 3.8) is 0 Å². The van der Waals surface area contributed by atoms with E-state index in [2.05, 4.69) is 15.0 Å². The van der Waals surface area contributed by atoms with E-state index in [9.17, 15) is 4.79 Å². The Morgan fingerprint density at radius 1 is 1.08 bits per heavy atom. The van der Waals surface area contributed by atoms with E-state index in [1.54, 1.807) is 16.9 Å². The van der Waals surface area contributed by atoms with Gasteiger partial charge < -0.3 is 9.47 Å². The van der Waals surface area contributed by atoms with Crippen LogP contribution in [0.15, 0.2) is 73.1 Å². The molecule has 5 rings (SSSR count). The smallest absolute Gasteiger partial charge is 0.318 e. The lowest BCUT2D eigenvalue weighted by atomic mass is 9.80. The van der Waals surface area contributed by atoms with Gasteiger partial charge in [0.25, 0.3) is 0 Å². The van der Waals surface area contributed by atoms with Crippen LogP contribution in [0.5, 0.6) is 0 Å². The summed E-state index contributed by atoms with van der Waals surface area (Å²) in [5, 5.41) is 5.32. The molecule has 7 nitrogen and oxygen atoms in total. The molecule has 0 radical (unpaired) electrons. The number of rotatable bonds is 8. The molecule has 4 aromatic rings. The molecular weight excluding hydrogens is 476 g/mol. The van der Waals surface area contributed by atoms with Crippen molar-refractivity contribution in [2.75, 3.05) is 39.5 Å². The summed E-state index contributed by atoms with van der Waals surface area (Å²) in [4.78, 5) is 20.6. The summed E-state index contributed by atoms with van der Waals surface area (Å²) < 4.78 is 13.1. The van der Waals surface area contributed by atoms with Gasteiger partial charge in [0.15, 0.2) is 5.65 Å². The minimum Gasteiger partial charge on any atom is -0.464 e. The molecule has 1 unspecified atom stereocenters. The summed E-state index contributed by atoms with van der Waals surface area (Å²) >= 11 is 6.08. The molecule has 0 N–H and O–H groups in total. The third kappa shape index (κ3) is 5.14. The van der Waals surface area contributed by atoms with Gasteiger partial charge in [-0.25, -0.2) is 9.50 Å². The van der Waals surface area contributed by atoms with Crippen LogP contribution in [0.25, 0.3) is 16.8 Å². The highest BCUT2D eigenvalue weighted by atomic mass is 35.5. The Kier molecular flexibility index (Phi) is 7.32. The van der Waals surface area contributed by atoms with Gasteiger partial charge in [-0.15, -0.1) is 0 Å². The van der Waals surface area contributed by atoms with Crippen LogP contribution >= 0.6 is 11.6 Å². The summed E-state index contributed by atoms with van der Waals surface area (Å²) in [6, 6.07) is 19.4. The number of aromatic nitrogens is 3. The van der Waals surface area contributed by atoms with E-state index in [-0.39, 0.29) is 5.97 Å². The Morgan fingerprint density at radius 3 is 2.58 bits per heavy atom. The van der Waals surface area contributed by atoms with Gasteiger partial charge in [0, 0.05) is 36.4 Å². The monoisotopic (exact) mass is 504 g/mol. The number of fused-ring (bicyclic) bond motifs is 1. The second kappa shape index (κ2) is 10.8. The van der Waals surface area contributed by atoms with Gasteiger partial charge in [0.05, 0.1) is 25.1 Å². The third-order valence-electron chi connectivity index (χ3n) is 6.72. The highest BCUT2D eigenvalue weighted by Gasteiger charge is 2.40. The van der Waals surface area contributed by atoms with Gasteiger partial charge in [-0.1, -0.05) is 54.1 Å². The number of nitrogens with zero attached hydrogens (tertiary/aromatic N) is 4. The van der Waals surface area contributed by atoms with E-state index in [0.29, 0.717) is 43.5 Å². The Bertz CT molecular complexity index is 1320. The lowest BCUT2D eigenvalue weighted by Crippen LogP contribution is -2.42. The number of halogens is 1. The number of carbonyl (C=O) groups is 1. The van der Waals surface area contributed by atoms with Crippen molar-refractivity contribution in [1.82, 2.24) is 19.5 Å². The van der Waals surface area contributed by atoms with Crippen LogP contribution in [-0.4, -0.2) is 64.9 Å². The highest BCUT2D eigenvalue weighted by Crippen LogP contribution is 2.32. The molecule has 2 aromatic carbocycles. The van der Waals surface area contributed by atoms with Gasteiger partial charge in [-0.05, 0) is 42.7 Å². The fraction of sp³-hybridized carbons (Fsp3) is 0.321. The molecule has 0 bridgehead atoms. The average Bonchev–Trinajstić information content (AvgIpc) is 3.34. The molecule has 2 aromatic heterocycles. The molecule has 1 aliphatic rings. The Morgan fingerprint density at radius 2 is 1.83 bits per heavy atom. The van der Waals surface area contributed by atoms with Crippen LogP contribution in [-0.2, 0) is 26.1 Å². The summed E-state index contributed by atoms with van der Waals surface area (Å²) in [5.74, 6) is -0.282. The van der Waals surface area contributed by atoms with E-state index >= 15 is 0 Å². The minimum absolute atomic E-state index is 0.282. The second-order valence-corrected chi connectivity index (χ2v) is 9.65. The zero-order valence-electron chi connectivity index (χ0n) is 20.3. The topological polar surface area (TPSA) is 69.0 Å². The molecule has 36 heavy (non-hydrogen) atoms. The molecule has 3 heterocycles. The Labute approximate surface area is 215 Å². The van der Waals surface area contributed by atoms with Gasteiger partial charge in [-0.2, -0.15) is 5.10 Å². The zero-order chi connectivity index (χ0) is 25.0. The van der Waals surface area contributed by atoms with Crippen molar-refractivity contribution >= 4 is 23.2 Å². The van der Waals surface area contributed by atoms with Crippen LogP contribution in [0.2, 0.25) is 5.02 Å². The van der Waals surface area contributed by atoms with Crippen molar-refractivity contribution in [2.45, 2.75) is 18.8 Å². The summed E-state index contributed by atoms with van der Waals surface area (Å²) in [7, 11) is 0. The standard InChI is InChI=1S/C28H29ClN4O3/c1-28(19-21-5-3-2-4-6-21,27(34)36-18-15-32-13-16-35-17-14-32)25-11-12-30-26-24(20-31-33(25)26)22-7-9-23(29)10-8-22/h2-12,20H,13-19H2,1H3. The van der Waals surface area contributed by atoms with Crippen LogP contribution < -0.4 is 0 Å². The predicted molar refractivity (Wildman–Crippen MR) is 139 cm³/mol. The van der Waals surface area contributed by atoms with E-state index in [4.69, 9.17) is 21.1 Å². The molecule has 1 atom stereocenters. The fourth-order valence-electron chi connectivity index (χ4n) is 4.67. The average molecular weight is 505 g/mol. The van der Waals surface area contributed by atoms with Gasteiger partial charge in [0.1, 0.15) is 12.0 Å². The SMILES string of the molecule is CC(Cc1ccccc1)(C(=O)OCCN1CCOCC1)c1ccnc2c(-c3ccc(Cl)cc3)cnn12. The van der Waals surface area contributed by atoms with Crippen molar-refractivity contribution < 1.29 is 14.3 Å². The molecule has 1 fully saturated rings. The second-order valence-electron chi connectivity index (χ2n) is 9.22. The molecule has 0 aliphatic carbocycles. The van der Waals surface area contributed by atoms with E-state index in [0.717, 1.165) is 35.5 Å². The van der Waals surface area contributed by atoms with E-state index in [1.165, 1.54) is 0 Å². The molecular formula is C28H29ClN4O3. The Hall–Kier alpha value is -3.26. The van der Waals surface area contributed by atoms with Crippen LogP contribution in [0, 0.1) is 0 Å². The first-order chi connectivity index (χ1) is 17.5. The van der Waals surface area contributed by atoms with E-state index < -0.39 is 5.41 Å². The van der Waals surface area contributed by atoms with Crippen molar-refractivity contribution in [1.29, 1.82) is 0 Å². The van der Waals surface area contributed by atoms with Crippen molar-refractivity contribution in [3.05, 3.63) is 89.3 Å². The lowest BCUT2D eigenvalue weighted by molar-refractivity contribution is -0.151. The van der Waals surface area contributed by atoms with Crippen LogP contribution in [0.4, 0.5) is 0 Å². The maximum atomic E-state index is 13.7. The predicted octanol–water partition coefficient (Wildman–Crippen LogP) is 4.43. The van der Waals surface area contributed by atoms with E-state index in [1.807, 2.05) is 67.6 Å². The zero-order valence-corrected chi connectivity index (χ0v) is 21.0. The van der Waals surface area contributed by atoms with Gasteiger partial charge in [-0.3, -0.25) is 9.69 Å². The lowest BCUT2D eigenvalue weighted by Gasteiger charge is -2.30. The molecule has 1 saturated heterocycles. The quantitative estimate of drug-likeness (QED) is 0.331. The number of hydrogen-bond acceptors (Lipinski definition) is 6. The first-order valence-electron chi connectivity index (χ1n) is 12.1. The van der Waals surface area contributed by atoms with Gasteiger partial charge >= 0.3 is 5.97 Å². The fourth-order valence-corrected chi connectivity index (χ4v) is 4.79. The highest BCUT2D eigenvalue weighted by molar-refractivity contribution is 6.30. The number of ether oxygens (including phenoxy) is 2. The molecule has 1 aliphatic heterocycles. The number of esters is 1. The minimum atomic E-state index is -0.975. The van der Waals surface area contributed by atoms with Crippen molar-refractivity contribution in [2.24, 2.45) is 0 Å². The molecule has 8 heteroatoms.